The topological polar surface area (TPSA) is 61.3 Å². The minimum Gasteiger partial charge on any atom is -0.492 e. The minimum absolute atomic E-state index is 0.373. The highest BCUT2D eigenvalue weighted by molar-refractivity contribution is 6.32. The van der Waals surface area contributed by atoms with Crippen molar-refractivity contribution in [2.75, 3.05) is 6.61 Å². The van der Waals surface area contributed by atoms with Gasteiger partial charge in [0.25, 0.3) is 0 Å². The molecule has 0 saturated carbocycles. The molecule has 0 aliphatic rings. The van der Waals surface area contributed by atoms with Crippen molar-refractivity contribution in [3.63, 3.8) is 0 Å². The smallest absolute Gasteiger partial charge is 0.343 e. The number of carbonyl (C=O) groups is 1. The van der Waals surface area contributed by atoms with Gasteiger partial charge in [-0.05, 0) is 67.3 Å². The molecule has 0 spiro atoms. The van der Waals surface area contributed by atoms with Gasteiger partial charge in [0.1, 0.15) is 11.5 Å². The molecule has 0 atom stereocenters. The number of unbranched alkanes of at least 4 members (excludes halogenated alkanes) is 8. The molecule has 0 radical (unpaired) electrons. The van der Waals surface area contributed by atoms with Gasteiger partial charge in [0.15, 0.2) is 5.82 Å². The first kappa shape index (κ1) is 28.6. The summed E-state index contributed by atoms with van der Waals surface area (Å²) >= 11 is 6.34. The summed E-state index contributed by atoms with van der Waals surface area (Å²) in [5, 5.41) is 0.403. The molecule has 2 aromatic carbocycles. The van der Waals surface area contributed by atoms with Crippen LogP contribution < -0.4 is 9.47 Å². The summed E-state index contributed by atoms with van der Waals surface area (Å²) in [6.07, 6.45) is 16.9. The van der Waals surface area contributed by atoms with E-state index in [4.69, 9.17) is 21.1 Å². The first-order valence-corrected chi connectivity index (χ1v) is 14.0. The summed E-state index contributed by atoms with van der Waals surface area (Å²) in [6.45, 7) is 5.04. The largest absolute Gasteiger partial charge is 0.492 e. The number of aromatic nitrogens is 2. The third kappa shape index (κ3) is 9.81. The zero-order valence-electron chi connectivity index (χ0n) is 22.2. The summed E-state index contributed by atoms with van der Waals surface area (Å²) in [6, 6.07) is 12.2. The number of hydrogen-bond donors (Lipinski definition) is 0. The van der Waals surface area contributed by atoms with Crippen molar-refractivity contribution >= 4 is 17.6 Å². The Hall–Kier alpha value is -2.92. The summed E-state index contributed by atoms with van der Waals surface area (Å²) < 4.78 is 11.3. The predicted molar refractivity (Wildman–Crippen MR) is 151 cm³/mol. The van der Waals surface area contributed by atoms with E-state index in [9.17, 15) is 4.79 Å². The molecule has 37 heavy (non-hydrogen) atoms. The summed E-state index contributed by atoms with van der Waals surface area (Å²) in [5.74, 6) is 1.21. The lowest BCUT2D eigenvalue weighted by molar-refractivity contribution is 0.0734. The highest BCUT2D eigenvalue weighted by Gasteiger charge is 2.12. The van der Waals surface area contributed by atoms with E-state index in [1.165, 1.54) is 51.4 Å². The molecular weight excluding hydrogens is 484 g/mol. The van der Waals surface area contributed by atoms with Crippen molar-refractivity contribution in [3.05, 3.63) is 71.0 Å². The lowest BCUT2D eigenvalue weighted by Gasteiger charge is -2.10. The van der Waals surface area contributed by atoms with Gasteiger partial charge in [-0.2, -0.15) is 0 Å². The Bertz CT molecular complexity index is 1080. The molecule has 1 heterocycles. The maximum Gasteiger partial charge on any atom is 0.343 e. The quantitative estimate of drug-likeness (QED) is 0.107. The second-order valence-corrected chi connectivity index (χ2v) is 9.81. The zero-order valence-corrected chi connectivity index (χ0v) is 22.9. The van der Waals surface area contributed by atoms with Crippen LogP contribution in [0.2, 0.25) is 5.02 Å². The van der Waals surface area contributed by atoms with E-state index in [1.807, 2.05) is 24.5 Å². The zero-order chi connectivity index (χ0) is 26.3. The number of ether oxygens (including phenoxy) is 2. The highest BCUT2D eigenvalue weighted by Crippen LogP contribution is 2.27. The Morgan fingerprint density at radius 3 is 2.11 bits per heavy atom. The fourth-order valence-corrected chi connectivity index (χ4v) is 4.27. The van der Waals surface area contributed by atoms with E-state index in [-0.39, 0.29) is 0 Å². The van der Waals surface area contributed by atoms with Crippen LogP contribution in [0.5, 0.6) is 11.5 Å². The van der Waals surface area contributed by atoms with Crippen LogP contribution in [0.4, 0.5) is 0 Å². The maximum atomic E-state index is 12.6. The molecule has 3 rings (SSSR count). The minimum atomic E-state index is -0.472. The molecule has 5 nitrogen and oxygen atoms in total. The van der Waals surface area contributed by atoms with Crippen LogP contribution in [0.15, 0.2) is 54.9 Å². The maximum absolute atomic E-state index is 12.6. The van der Waals surface area contributed by atoms with Gasteiger partial charge in [-0.25, -0.2) is 14.8 Å². The number of benzene rings is 2. The van der Waals surface area contributed by atoms with Crippen molar-refractivity contribution < 1.29 is 14.3 Å². The number of halogens is 1. The van der Waals surface area contributed by atoms with Gasteiger partial charge in [-0.1, -0.05) is 76.8 Å². The Balaban J connectivity index is 1.48. The third-order valence-corrected chi connectivity index (χ3v) is 6.57. The number of rotatable bonds is 16. The van der Waals surface area contributed by atoms with Crippen LogP contribution in [0.1, 0.15) is 94.0 Å². The number of esters is 1. The van der Waals surface area contributed by atoms with Crippen molar-refractivity contribution in [2.24, 2.45) is 0 Å². The molecule has 3 aromatic rings. The van der Waals surface area contributed by atoms with Crippen LogP contribution in [-0.4, -0.2) is 22.5 Å². The molecule has 198 valence electrons. The van der Waals surface area contributed by atoms with Crippen molar-refractivity contribution in [1.82, 2.24) is 9.97 Å². The molecule has 0 N–H and O–H groups in total. The van der Waals surface area contributed by atoms with E-state index in [0.29, 0.717) is 34.5 Å². The Kier molecular flexibility index (Phi) is 12.4. The fourth-order valence-electron chi connectivity index (χ4n) is 4.04. The van der Waals surface area contributed by atoms with Crippen LogP contribution >= 0.6 is 11.6 Å². The van der Waals surface area contributed by atoms with Gasteiger partial charge >= 0.3 is 5.97 Å². The first-order valence-electron chi connectivity index (χ1n) is 13.7. The molecule has 6 heteroatoms. The normalized spacial score (nSPS) is 10.9. The Morgan fingerprint density at radius 1 is 0.811 bits per heavy atom. The molecule has 0 saturated heterocycles. The average Bonchev–Trinajstić information content (AvgIpc) is 2.92. The van der Waals surface area contributed by atoms with Crippen LogP contribution in [-0.2, 0) is 6.42 Å². The predicted octanol–water partition coefficient (Wildman–Crippen LogP) is 8.88. The van der Waals surface area contributed by atoms with Gasteiger partial charge in [-0.15, -0.1) is 0 Å². The van der Waals surface area contributed by atoms with Crippen LogP contribution in [0, 0.1) is 0 Å². The van der Waals surface area contributed by atoms with E-state index in [2.05, 4.69) is 23.8 Å². The Morgan fingerprint density at radius 2 is 1.46 bits per heavy atom. The fraction of sp³-hybridized carbons (Fsp3) is 0.452. The lowest BCUT2D eigenvalue weighted by Crippen LogP contribution is -2.08. The first-order chi connectivity index (χ1) is 18.1. The average molecular weight is 523 g/mol. The van der Waals surface area contributed by atoms with E-state index in [1.54, 1.807) is 30.3 Å². The van der Waals surface area contributed by atoms with Gasteiger partial charge < -0.3 is 9.47 Å². The number of carbonyl (C=O) groups excluding carboxylic acids is 1. The third-order valence-electron chi connectivity index (χ3n) is 6.27. The molecule has 0 aliphatic heterocycles. The molecule has 0 bridgehead atoms. The van der Waals surface area contributed by atoms with E-state index in [0.717, 1.165) is 30.4 Å². The SMILES string of the molecule is CCCCCCCOc1ccc(C(=O)Oc2ccc(-c3ncc(CCCCCCC)cn3)cc2)cc1Cl. The summed E-state index contributed by atoms with van der Waals surface area (Å²) in [7, 11) is 0. The monoisotopic (exact) mass is 522 g/mol. The molecule has 0 amide bonds. The van der Waals surface area contributed by atoms with Crippen molar-refractivity contribution in [3.8, 4) is 22.9 Å². The number of hydrogen-bond acceptors (Lipinski definition) is 5. The summed E-state index contributed by atoms with van der Waals surface area (Å²) in [4.78, 5) is 21.7. The molecular formula is C31H39ClN2O3. The number of nitrogens with zero attached hydrogens (tertiary/aromatic N) is 2. The molecule has 1 aromatic heterocycles. The van der Waals surface area contributed by atoms with Crippen LogP contribution in [0.25, 0.3) is 11.4 Å². The van der Waals surface area contributed by atoms with Crippen molar-refractivity contribution in [1.29, 1.82) is 0 Å². The second-order valence-electron chi connectivity index (χ2n) is 9.40. The lowest BCUT2D eigenvalue weighted by atomic mass is 10.1. The number of aryl methyl sites for hydroxylation is 1. The van der Waals surface area contributed by atoms with Crippen LogP contribution in [0.3, 0.4) is 0 Å². The Labute approximate surface area is 226 Å². The van der Waals surface area contributed by atoms with E-state index >= 15 is 0 Å². The van der Waals surface area contributed by atoms with Gasteiger partial charge in [0.05, 0.1) is 17.2 Å². The van der Waals surface area contributed by atoms with Gasteiger partial charge in [0, 0.05) is 18.0 Å². The summed E-state index contributed by atoms with van der Waals surface area (Å²) in [5.41, 5.74) is 2.40. The van der Waals surface area contributed by atoms with E-state index < -0.39 is 5.97 Å². The molecule has 0 fully saturated rings. The van der Waals surface area contributed by atoms with Gasteiger partial charge in [-0.3, -0.25) is 0 Å². The highest BCUT2D eigenvalue weighted by atomic mass is 35.5. The van der Waals surface area contributed by atoms with Gasteiger partial charge in [0.2, 0.25) is 0 Å². The van der Waals surface area contributed by atoms with Crippen molar-refractivity contribution in [2.45, 2.75) is 84.5 Å². The second kappa shape index (κ2) is 16.0. The molecule has 0 unspecified atom stereocenters. The standard InChI is InChI=1S/C31H39ClN2O3/c1-3-5-7-9-11-13-24-22-33-30(34-23-24)25-14-17-27(18-15-25)37-31(35)26-16-19-29(28(32)21-26)36-20-12-10-8-6-4-2/h14-19,21-23H,3-13,20H2,1-2H3. The molecule has 0 aliphatic carbocycles.